The van der Waals surface area contributed by atoms with Gasteiger partial charge in [0.2, 0.25) is 5.95 Å². The number of rotatable bonds is 4. The Morgan fingerprint density at radius 1 is 1.15 bits per heavy atom. The maximum atomic E-state index is 12.7. The Kier molecular flexibility index (Phi) is 4.76. The smallest absolute Gasteiger partial charge is 0.271 e. The normalized spacial score (nSPS) is 10.8. The van der Waals surface area contributed by atoms with Gasteiger partial charge >= 0.3 is 0 Å². The first-order valence-electron chi connectivity index (χ1n) is 7.54. The molecule has 0 aliphatic heterocycles. The Hall–Kier alpha value is -2.77. The number of primary amides is 1. The summed E-state index contributed by atoms with van der Waals surface area (Å²) in [6, 6.07) is 9.58. The first kappa shape index (κ1) is 18.0. The van der Waals surface area contributed by atoms with Crippen LogP contribution in [0.5, 0.6) is 0 Å². The molecule has 0 unspecified atom stereocenters. The highest BCUT2D eigenvalue weighted by Crippen LogP contribution is 2.25. The van der Waals surface area contributed by atoms with Gasteiger partial charge in [0.1, 0.15) is 5.52 Å². The topological polar surface area (TPSA) is 93.2 Å². The van der Waals surface area contributed by atoms with Gasteiger partial charge < -0.3 is 10.6 Å². The van der Waals surface area contributed by atoms with Crippen molar-refractivity contribution < 1.29 is 9.59 Å². The molecule has 2 aromatic carbocycles. The lowest BCUT2D eigenvalue weighted by Crippen LogP contribution is -2.27. The van der Waals surface area contributed by atoms with Crippen LogP contribution in [0.1, 0.15) is 20.7 Å². The fourth-order valence-electron chi connectivity index (χ4n) is 2.53. The SMILES string of the molecule is CN(C)c1nc2c(C(N)=O)cccc2n1NC(=O)c1cc(Cl)ccc1Cl. The van der Waals surface area contributed by atoms with E-state index in [2.05, 4.69) is 10.4 Å². The van der Waals surface area contributed by atoms with E-state index in [1.807, 2.05) is 0 Å². The number of fused-ring (bicyclic) bond motifs is 1. The minimum absolute atomic E-state index is 0.219. The Morgan fingerprint density at radius 3 is 2.54 bits per heavy atom. The number of nitrogens with one attached hydrogen (secondary N) is 1. The third kappa shape index (κ3) is 3.18. The lowest BCUT2D eigenvalue weighted by molar-refractivity contribution is 0.0996. The molecular formula is C17H15Cl2N5O2. The summed E-state index contributed by atoms with van der Waals surface area (Å²) in [7, 11) is 3.53. The highest BCUT2D eigenvalue weighted by atomic mass is 35.5. The summed E-state index contributed by atoms with van der Waals surface area (Å²) in [6.45, 7) is 0. The molecule has 0 fully saturated rings. The second kappa shape index (κ2) is 6.86. The number of carbonyl (C=O) groups excluding carboxylic acids is 2. The second-order valence-electron chi connectivity index (χ2n) is 5.74. The van der Waals surface area contributed by atoms with Crippen LogP contribution < -0.4 is 16.1 Å². The Bertz CT molecular complexity index is 1030. The average molecular weight is 392 g/mol. The number of para-hydroxylation sites is 1. The molecule has 0 saturated heterocycles. The van der Waals surface area contributed by atoms with Crippen molar-refractivity contribution in [1.82, 2.24) is 9.66 Å². The van der Waals surface area contributed by atoms with Gasteiger partial charge in [-0.25, -0.2) is 9.66 Å². The molecule has 3 rings (SSSR count). The Morgan fingerprint density at radius 2 is 1.88 bits per heavy atom. The van der Waals surface area contributed by atoms with Crippen molar-refractivity contribution in [3.8, 4) is 0 Å². The molecule has 0 atom stereocenters. The number of hydrogen-bond acceptors (Lipinski definition) is 4. The van der Waals surface area contributed by atoms with Crippen LogP contribution in [0.25, 0.3) is 11.0 Å². The summed E-state index contributed by atoms with van der Waals surface area (Å²) in [5.74, 6) is -0.653. The zero-order valence-corrected chi connectivity index (χ0v) is 15.5. The number of halogens is 2. The van der Waals surface area contributed by atoms with Crippen LogP contribution in [0.4, 0.5) is 5.95 Å². The van der Waals surface area contributed by atoms with Crippen molar-refractivity contribution in [2.24, 2.45) is 5.73 Å². The van der Waals surface area contributed by atoms with Crippen LogP contribution in [0.15, 0.2) is 36.4 Å². The number of nitrogens with two attached hydrogens (primary N) is 1. The van der Waals surface area contributed by atoms with E-state index in [0.29, 0.717) is 22.0 Å². The van der Waals surface area contributed by atoms with E-state index in [-0.39, 0.29) is 16.1 Å². The predicted octanol–water partition coefficient (Wildman–Crippen LogP) is 2.89. The molecule has 3 aromatic rings. The van der Waals surface area contributed by atoms with Crippen LogP contribution in [0.3, 0.4) is 0 Å². The summed E-state index contributed by atoms with van der Waals surface area (Å²) in [4.78, 5) is 30.5. The van der Waals surface area contributed by atoms with E-state index in [4.69, 9.17) is 28.9 Å². The predicted molar refractivity (Wildman–Crippen MR) is 103 cm³/mol. The van der Waals surface area contributed by atoms with Crippen LogP contribution in [-0.4, -0.2) is 35.6 Å². The number of imidazole rings is 1. The third-order valence-corrected chi connectivity index (χ3v) is 4.28. The third-order valence-electron chi connectivity index (χ3n) is 3.72. The van der Waals surface area contributed by atoms with Crippen molar-refractivity contribution >= 4 is 52.0 Å². The molecule has 0 bridgehead atoms. The largest absolute Gasteiger partial charge is 0.366 e. The fourth-order valence-corrected chi connectivity index (χ4v) is 2.90. The summed E-state index contributed by atoms with van der Waals surface area (Å²) >= 11 is 12.1. The van der Waals surface area contributed by atoms with Crippen molar-refractivity contribution in [2.75, 3.05) is 24.4 Å². The molecule has 0 saturated carbocycles. The van der Waals surface area contributed by atoms with Gasteiger partial charge in [-0.2, -0.15) is 0 Å². The fraction of sp³-hybridized carbons (Fsp3) is 0.118. The van der Waals surface area contributed by atoms with Crippen LogP contribution >= 0.6 is 23.2 Å². The van der Waals surface area contributed by atoms with Gasteiger partial charge in [0.05, 0.1) is 21.7 Å². The summed E-state index contributed by atoms with van der Waals surface area (Å²) in [6.07, 6.45) is 0. The monoisotopic (exact) mass is 391 g/mol. The summed E-state index contributed by atoms with van der Waals surface area (Å²) < 4.78 is 1.47. The highest BCUT2D eigenvalue weighted by Gasteiger charge is 2.20. The molecule has 0 aliphatic carbocycles. The van der Waals surface area contributed by atoms with Crippen molar-refractivity contribution in [2.45, 2.75) is 0 Å². The first-order valence-corrected chi connectivity index (χ1v) is 8.30. The Labute approximate surface area is 159 Å². The van der Waals surface area contributed by atoms with Gasteiger partial charge in [-0.15, -0.1) is 0 Å². The number of benzene rings is 2. The maximum absolute atomic E-state index is 12.7. The standard InChI is InChI=1S/C17H15Cl2N5O2/c1-23(2)17-21-14-10(15(20)25)4-3-5-13(14)24(17)22-16(26)11-8-9(18)6-7-12(11)19/h3-8H,1-2H3,(H2,20,25)(H,22,26). The van der Waals surface area contributed by atoms with Crippen LogP contribution in [0, 0.1) is 0 Å². The molecule has 2 amide bonds. The lowest BCUT2D eigenvalue weighted by Gasteiger charge is -2.16. The van der Waals surface area contributed by atoms with Crippen LogP contribution in [0.2, 0.25) is 10.0 Å². The minimum Gasteiger partial charge on any atom is -0.366 e. The quantitative estimate of drug-likeness (QED) is 0.714. The average Bonchev–Trinajstić information content (AvgIpc) is 2.95. The highest BCUT2D eigenvalue weighted by molar-refractivity contribution is 6.36. The molecule has 7 nitrogen and oxygen atoms in total. The van der Waals surface area contributed by atoms with Gasteiger partial charge in [0.15, 0.2) is 0 Å². The van der Waals surface area contributed by atoms with Gasteiger partial charge in [-0.05, 0) is 30.3 Å². The molecule has 26 heavy (non-hydrogen) atoms. The van der Waals surface area contributed by atoms with Crippen molar-refractivity contribution in [3.63, 3.8) is 0 Å². The molecule has 0 spiro atoms. The number of carbonyl (C=O) groups is 2. The molecular weight excluding hydrogens is 377 g/mol. The van der Waals surface area contributed by atoms with E-state index in [1.165, 1.54) is 10.7 Å². The number of anilines is 1. The molecule has 0 radical (unpaired) electrons. The zero-order valence-electron chi connectivity index (χ0n) is 14.0. The molecule has 1 heterocycles. The molecule has 0 aliphatic rings. The van der Waals surface area contributed by atoms with E-state index >= 15 is 0 Å². The zero-order chi connectivity index (χ0) is 19.0. The van der Waals surface area contributed by atoms with Crippen molar-refractivity contribution in [3.05, 3.63) is 57.6 Å². The van der Waals surface area contributed by atoms with E-state index in [0.717, 1.165) is 0 Å². The van der Waals surface area contributed by atoms with Gasteiger partial charge in [0, 0.05) is 19.1 Å². The second-order valence-corrected chi connectivity index (χ2v) is 6.59. The molecule has 134 valence electrons. The maximum Gasteiger partial charge on any atom is 0.271 e. The lowest BCUT2D eigenvalue weighted by atomic mass is 10.2. The van der Waals surface area contributed by atoms with Crippen molar-refractivity contribution in [1.29, 1.82) is 0 Å². The van der Waals surface area contributed by atoms with Gasteiger partial charge in [-0.3, -0.25) is 15.0 Å². The van der Waals surface area contributed by atoms with E-state index in [9.17, 15) is 9.59 Å². The molecule has 1 aromatic heterocycles. The Balaban J connectivity index is 2.13. The minimum atomic E-state index is -0.602. The molecule has 9 heteroatoms. The summed E-state index contributed by atoms with van der Waals surface area (Å²) in [5, 5.41) is 0.652. The van der Waals surface area contributed by atoms with Crippen LogP contribution in [-0.2, 0) is 0 Å². The number of aromatic nitrogens is 2. The van der Waals surface area contributed by atoms with E-state index < -0.39 is 11.8 Å². The first-order chi connectivity index (χ1) is 12.3. The van der Waals surface area contributed by atoms with E-state index in [1.54, 1.807) is 49.3 Å². The van der Waals surface area contributed by atoms with Gasteiger partial charge in [0.25, 0.3) is 11.8 Å². The number of hydrogen-bond donors (Lipinski definition) is 2. The number of amides is 2. The summed E-state index contributed by atoms with van der Waals surface area (Å²) in [5.41, 5.74) is 9.56. The molecule has 3 N–H and O–H groups in total. The number of nitrogens with zero attached hydrogens (tertiary/aromatic N) is 3. The van der Waals surface area contributed by atoms with Gasteiger partial charge in [-0.1, -0.05) is 29.3 Å².